The molecule has 0 spiro atoms. The van der Waals surface area contributed by atoms with E-state index >= 15 is 0 Å². The Labute approximate surface area is 222 Å². The molecule has 1 atom stereocenters. The molecule has 1 aromatic heterocycles. The molecule has 0 saturated carbocycles. The van der Waals surface area contributed by atoms with E-state index in [1.807, 2.05) is 19.1 Å². The van der Waals surface area contributed by atoms with Gasteiger partial charge in [-0.15, -0.1) is 0 Å². The summed E-state index contributed by atoms with van der Waals surface area (Å²) < 4.78 is 18.3. The van der Waals surface area contributed by atoms with Crippen LogP contribution in [-0.4, -0.2) is 35.5 Å². The first-order chi connectivity index (χ1) is 17.8. The fourth-order valence-corrected chi connectivity index (χ4v) is 5.38. The first kappa shape index (κ1) is 26.5. The number of rotatable bonds is 8. The topological polar surface area (TPSA) is 99.4 Å². The number of esters is 1. The minimum Gasteiger partial charge on any atom is -0.503 e. The van der Waals surface area contributed by atoms with E-state index in [1.54, 1.807) is 51.1 Å². The van der Waals surface area contributed by atoms with Crippen LogP contribution >= 0.6 is 22.9 Å². The minimum absolute atomic E-state index is 0.109. The van der Waals surface area contributed by atoms with Crippen molar-refractivity contribution in [1.82, 2.24) is 4.57 Å². The molecular weight excluding hydrogens is 516 g/mol. The molecule has 0 saturated heterocycles. The molecule has 1 aliphatic rings. The SMILES string of the molecule is CCOC(=O)C1=C(C)N=c2s/c(=C/c3cc(Cl)c(O)c(OCC)c3)c(=O)n2C1c1ccc(OCC)cc1. The van der Waals surface area contributed by atoms with Gasteiger partial charge in [0.25, 0.3) is 5.56 Å². The van der Waals surface area contributed by atoms with Crippen molar-refractivity contribution in [1.29, 1.82) is 0 Å². The van der Waals surface area contributed by atoms with E-state index in [1.165, 1.54) is 15.9 Å². The van der Waals surface area contributed by atoms with Gasteiger partial charge < -0.3 is 19.3 Å². The summed E-state index contributed by atoms with van der Waals surface area (Å²) in [5, 5.41) is 10.3. The molecule has 4 rings (SSSR count). The van der Waals surface area contributed by atoms with Gasteiger partial charge in [-0.2, -0.15) is 0 Å². The number of hydrogen-bond donors (Lipinski definition) is 1. The van der Waals surface area contributed by atoms with Gasteiger partial charge in [0.2, 0.25) is 0 Å². The fourth-order valence-electron chi connectivity index (χ4n) is 4.11. The van der Waals surface area contributed by atoms with Gasteiger partial charge >= 0.3 is 5.97 Å². The second-order valence-electron chi connectivity index (χ2n) is 8.09. The maximum atomic E-state index is 13.7. The molecule has 10 heteroatoms. The number of nitrogens with zero attached hydrogens (tertiary/aromatic N) is 2. The number of hydrogen-bond acceptors (Lipinski definition) is 8. The average molecular weight is 543 g/mol. The van der Waals surface area contributed by atoms with Crippen LogP contribution in [0.15, 0.2) is 57.5 Å². The van der Waals surface area contributed by atoms with E-state index in [9.17, 15) is 14.7 Å². The normalized spacial score (nSPS) is 15.3. The first-order valence-electron chi connectivity index (χ1n) is 11.9. The third kappa shape index (κ3) is 5.28. The van der Waals surface area contributed by atoms with E-state index < -0.39 is 12.0 Å². The van der Waals surface area contributed by atoms with E-state index in [0.717, 1.165) is 5.56 Å². The molecular formula is C27H27ClN2O6S. The molecule has 2 aromatic carbocycles. The Balaban J connectivity index is 1.91. The molecule has 0 radical (unpaired) electrons. The van der Waals surface area contributed by atoms with Crippen LogP contribution in [0.25, 0.3) is 6.08 Å². The number of fused-ring (bicyclic) bond motifs is 1. The second kappa shape index (κ2) is 11.2. The quantitative estimate of drug-likeness (QED) is 0.433. The predicted octanol–water partition coefficient (Wildman–Crippen LogP) is 3.95. The van der Waals surface area contributed by atoms with Crippen LogP contribution in [0.4, 0.5) is 0 Å². The first-order valence-corrected chi connectivity index (χ1v) is 13.1. The summed E-state index contributed by atoms with van der Waals surface area (Å²) in [5.74, 6) is 0.226. The van der Waals surface area contributed by atoms with Crippen molar-refractivity contribution < 1.29 is 24.1 Å². The van der Waals surface area contributed by atoms with Gasteiger partial charge in [-0.25, -0.2) is 9.79 Å². The van der Waals surface area contributed by atoms with Gasteiger partial charge in [0, 0.05) is 0 Å². The number of halogens is 1. The fraction of sp³-hybridized carbons (Fsp3) is 0.296. The van der Waals surface area contributed by atoms with Crippen LogP contribution in [-0.2, 0) is 9.53 Å². The van der Waals surface area contributed by atoms with Gasteiger partial charge in [-0.3, -0.25) is 9.36 Å². The Hall–Kier alpha value is -3.56. The molecule has 0 fully saturated rings. The summed E-state index contributed by atoms with van der Waals surface area (Å²) >= 11 is 7.38. The average Bonchev–Trinajstić information content (AvgIpc) is 3.16. The maximum absolute atomic E-state index is 13.7. The van der Waals surface area contributed by atoms with Gasteiger partial charge in [-0.05, 0) is 69.2 Å². The summed E-state index contributed by atoms with van der Waals surface area (Å²) in [4.78, 5) is 31.8. The molecule has 2 heterocycles. The molecule has 3 aromatic rings. The second-order valence-corrected chi connectivity index (χ2v) is 9.50. The Kier molecular flexibility index (Phi) is 8.04. The van der Waals surface area contributed by atoms with Crippen LogP contribution in [0, 0.1) is 0 Å². The van der Waals surface area contributed by atoms with E-state index in [0.29, 0.717) is 45.1 Å². The highest BCUT2D eigenvalue weighted by atomic mass is 35.5. The zero-order valence-electron chi connectivity index (χ0n) is 20.9. The van der Waals surface area contributed by atoms with Crippen LogP contribution in [0.2, 0.25) is 5.02 Å². The van der Waals surface area contributed by atoms with Crippen LogP contribution in [0.3, 0.4) is 0 Å². The largest absolute Gasteiger partial charge is 0.503 e. The molecule has 8 nitrogen and oxygen atoms in total. The highest BCUT2D eigenvalue weighted by molar-refractivity contribution is 7.07. The predicted molar refractivity (Wildman–Crippen MR) is 142 cm³/mol. The smallest absolute Gasteiger partial charge is 0.338 e. The molecule has 1 unspecified atom stereocenters. The summed E-state index contributed by atoms with van der Waals surface area (Å²) in [6, 6.07) is 9.72. The number of aromatic nitrogens is 1. The molecule has 0 aliphatic carbocycles. The Morgan fingerprint density at radius 3 is 2.49 bits per heavy atom. The van der Waals surface area contributed by atoms with Crippen molar-refractivity contribution in [3.63, 3.8) is 0 Å². The maximum Gasteiger partial charge on any atom is 0.338 e. The number of thiazole rings is 1. The summed E-state index contributed by atoms with van der Waals surface area (Å²) in [5.41, 5.74) is 1.77. The van der Waals surface area contributed by atoms with Crippen molar-refractivity contribution in [2.45, 2.75) is 33.7 Å². The summed E-state index contributed by atoms with van der Waals surface area (Å²) in [6.45, 7) is 8.21. The number of aromatic hydroxyl groups is 1. The zero-order valence-corrected chi connectivity index (χ0v) is 22.5. The van der Waals surface area contributed by atoms with Crippen LogP contribution in [0.1, 0.15) is 44.9 Å². The standard InChI is InChI=1S/C27H27ClN2O6S/c1-5-34-18-10-8-17(9-11-18)23-22(26(33)36-7-3)15(4)29-27-30(23)25(32)21(37-27)14-16-12-19(28)24(31)20(13-16)35-6-2/h8-14,23,31H,5-7H2,1-4H3/b21-14+. The molecule has 194 valence electrons. The molecule has 0 amide bonds. The Morgan fingerprint density at radius 2 is 1.84 bits per heavy atom. The van der Waals surface area contributed by atoms with Crippen molar-refractivity contribution in [2.24, 2.45) is 4.99 Å². The molecule has 0 bridgehead atoms. The summed E-state index contributed by atoms with van der Waals surface area (Å²) in [7, 11) is 0. The van der Waals surface area contributed by atoms with Crippen LogP contribution in [0.5, 0.6) is 17.2 Å². The molecule has 1 aliphatic heterocycles. The van der Waals surface area contributed by atoms with Gasteiger partial charge in [0.15, 0.2) is 16.3 Å². The van der Waals surface area contributed by atoms with Gasteiger partial charge in [0.05, 0.1) is 46.7 Å². The third-order valence-corrected chi connectivity index (χ3v) is 6.94. The van der Waals surface area contributed by atoms with E-state index in [2.05, 4.69) is 4.99 Å². The van der Waals surface area contributed by atoms with Crippen molar-refractivity contribution in [2.75, 3.05) is 19.8 Å². The number of carbonyl (C=O) groups is 1. The number of allylic oxidation sites excluding steroid dienone is 1. The van der Waals surface area contributed by atoms with Crippen molar-refractivity contribution >= 4 is 35.0 Å². The highest BCUT2D eigenvalue weighted by Crippen LogP contribution is 2.35. The lowest BCUT2D eigenvalue weighted by Gasteiger charge is -2.24. The number of phenols is 1. The lowest BCUT2D eigenvalue weighted by molar-refractivity contribution is -0.139. The van der Waals surface area contributed by atoms with Gasteiger partial charge in [0.1, 0.15) is 5.75 Å². The third-order valence-electron chi connectivity index (χ3n) is 5.67. The highest BCUT2D eigenvalue weighted by Gasteiger charge is 2.33. The minimum atomic E-state index is -0.726. The lowest BCUT2D eigenvalue weighted by atomic mass is 9.96. The zero-order chi connectivity index (χ0) is 26.7. The summed E-state index contributed by atoms with van der Waals surface area (Å²) in [6.07, 6.45) is 1.66. The number of carbonyl (C=O) groups excluding carboxylic acids is 1. The Morgan fingerprint density at radius 1 is 1.14 bits per heavy atom. The number of benzene rings is 2. The number of ether oxygens (including phenoxy) is 3. The van der Waals surface area contributed by atoms with Gasteiger partial charge in [-0.1, -0.05) is 35.1 Å². The number of phenolic OH excluding ortho intramolecular Hbond substituents is 1. The lowest BCUT2D eigenvalue weighted by Crippen LogP contribution is -2.39. The van der Waals surface area contributed by atoms with E-state index in [4.69, 9.17) is 25.8 Å². The van der Waals surface area contributed by atoms with Crippen molar-refractivity contribution in [3.8, 4) is 17.2 Å². The Bertz CT molecular complexity index is 1540. The van der Waals surface area contributed by atoms with Crippen LogP contribution < -0.4 is 24.4 Å². The van der Waals surface area contributed by atoms with E-state index in [-0.39, 0.29) is 28.7 Å². The molecule has 37 heavy (non-hydrogen) atoms. The molecule has 1 N–H and O–H groups in total. The van der Waals surface area contributed by atoms with Crippen molar-refractivity contribution in [3.05, 3.63) is 83.5 Å². The monoisotopic (exact) mass is 542 g/mol.